The highest BCUT2D eigenvalue weighted by molar-refractivity contribution is 7.93. The third-order valence-electron chi connectivity index (χ3n) is 7.25. The Morgan fingerprint density at radius 1 is 1.09 bits per heavy atom. The lowest BCUT2D eigenvalue weighted by Gasteiger charge is -2.37. The number of benzene rings is 1. The van der Waals surface area contributed by atoms with Crippen LogP contribution < -0.4 is 15.0 Å². The van der Waals surface area contributed by atoms with Gasteiger partial charge in [0.25, 0.3) is 0 Å². The van der Waals surface area contributed by atoms with Crippen LogP contribution in [-0.4, -0.2) is 86.4 Å². The topological polar surface area (TPSA) is 140 Å². The minimum atomic E-state index is -4.99. The Labute approximate surface area is 273 Å². The Morgan fingerprint density at radius 3 is 2.40 bits per heavy atom. The van der Waals surface area contributed by atoms with E-state index in [1.165, 1.54) is 24.4 Å². The van der Waals surface area contributed by atoms with Gasteiger partial charge in [0.1, 0.15) is 14.7 Å². The van der Waals surface area contributed by atoms with Crippen LogP contribution in [0, 0.1) is 0 Å². The molecule has 2 aromatic heterocycles. The summed E-state index contributed by atoms with van der Waals surface area (Å²) < 4.78 is 80.6. The molecular formula is C30H34F3N5O7S2. The van der Waals surface area contributed by atoms with Gasteiger partial charge in [0.15, 0.2) is 15.6 Å². The molecule has 12 nitrogen and oxygen atoms in total. The van der Waals surface area contributed by atoms with Gasteiger partial charge >= 0.3 is 18.4 Å². The van der Waals surface area contributed by atoms with Gasteiger partial charge in [-0.2, -0.15) is 0 Å². The number of rotatable bonds is 7. The molecule has 0 unspecified atom stereocenters. The van der Waals surface area contributed by atoms with Crippen molar-refractivity contribution < 1.29 is 45.4 Å². The van der Waals surface area contributed by atoms with Crippen LogP contribution >= 0.6 is 11.3 Å². The monoisotopic (exact) mass is 697 g/mol. The third-order valence-corrected chi connectivity index (χ3v) is 10.3. The van der Waals surface area contributed by atoms with Crippen molar-refractivity contribution in [2.24, 2.45) is 0 Å². The number of nitrogens with zero attached hydrogens (tertiary/aromatic N) is 4. The third kappa shape index (κ3) is 7.89. The van der Waals surface area contributed by atoms with Crippen LogP contribution in [0.1, 0.15) is 48.5 Å². The normalized spacial score (nSPS) is 15.1. The molecule has 254 valence electrons. The lowest BCUT2D eigenvalue weighted by Crippen LogP contribution is -2.50. The van der Waals surface area contributed by atoms with E-state index in [1.54, 1.807) is 32.6 Å². The smallest absolute Gasteiger partial charge is 0.462 e. The number of piperazine rings is 1. The van der Waals surface area contributed by atoms with Gasteiger partial charge in [-0.3, -0.25) is 0 Å². The van der Waals surface area contributed by atoms with Gasteiger partial charge in [0.05, 0.1) is 18.0 Å². The van der Waals surface area contributed by atoms with Gasteiger partial charge in [0.2, 0.25) is 5.95 Å². The summed E-state index contributed by atoms with van der Waals surface area (Å²) >= 11 is 0.808. The Kier molecular flexibility index (Phi) is 9.34. The first-order chi connectivity index (χ1) is 21.9. The van der Waals surface area contributed by atoms with Crippen LogP contribution in [0.2, 0.25) is 0 Å². The fourth-order valence-electron chi connectivity index (χ4n) is 5.29. The zero-order valence-corrected chi connectivity index (χ0v) is 28.0. The summed E-state index contributed by atoms with van der Waals surface area (Å²) in [6, 6.07) is 4.12. The van der Waals surface area contributed by atoms with Crippen LogP contribution in [0.3, 0.4) is 0 Å². The molecule has 1 aromatic carbocycles. The molecule has 47 heavy (non-hydrogen) atoms. The van der Waals surface area contributed by atoms with Gasteiger partial charge in [-0.25, -0.2) is 28.0 Å². The zero-order chi connectivity index (χ0) is 34.3. The van der Waals surface area contributed by atoms with Crippen molar-refractivity contribution in [1.82, 2.24) is 14.9 Å². The van der Waals surface area contributed by atoms with E-state index in [9.17, 15) is 31.2 Å². The van der Waals surface area contributed by atoms with E-state index in [1.807, 2.05) is 4.90 Å². The molecule has 3 aromatic rings. The number of alkyl halides is 3. The van der Waals surface area contributed by atoms with Crippen molar-refractivity contribution in [2.45, 2.75) is 56.7 Å². The number of aromatic nitrogens is 2. The number of hydrogen-bond acceptors (Lipinski definition) is 12. The number of anilines is 3. The predicted molar refractivity (Wildman–Crippen MR) is 168 cm³/mol. The number of carbonyl (C=O) groups excluding carboxylic acids is 2. The molecule has 2 aliphatic rings. The number of esters is 1. The first kappa shape index (κ1) is 34.2. The van der Waals surface area contributed by atoms with Crippen LogP contribution in [0.15, 0.2) is 28.6 Å². The summed E-state index contributed by atoms with van der Waals surface area (Å²) in [6.07, 6.45) is -2.17. The van der Waals surface area contributed by atoms with Crippen LogP contribution in [0.4, 0.5) is 35.3 Å². The Hall–Kier alpha value is -4.12. The van der Waals surface area contributed by atoms with Crippen LogP contribution in [0.25, 0.3) is 11.3 Å². The van der Waals surface area contributed by atoms with Crippen molar-refractivity contribution in [3.05, 3.63) is 40.4 Å². The number of carbonyl (C=O) groups is 2. The largest absolute Gasteiger partial charge is 0.573 e. The van der Waals surface area contributed by atoms with Crippen molar-refractivity contribution in [3.63, 3.8) is 0 Å². The van der Waals surface area contributed by atoms with Crippen molar-refractivity contribution in [3.8, 4) is 17.0 Å². The number of amides is 1. The van der Waals surface area contributed by atoms with Crippen molar-refractivity contribution >= 4 is 50.6 Å². The number of thiophene rings is 1. The first-order valence-corrected chi connectivity index (χ1v) is 17.4. The lowest BCUT2D eigenvalue weighted by atomic mass is 9.91. The first-order valence-electron chi connectivity index (χ1n) is 14.7. The number of fused-ring (bicyclic) bond motifs is 3. The lowest BCUT2D eigenvalue weighted by molar-refractivity contribution is -0.274. The molecule has 5 rings (SSSR count). The standard InChI is InChI=1S/C30H34F3N5O7S2/c1-6-43-25(39)24-19-9-7-17-16-34-27(36-23(17)22(19)26(46-24)47(5,41)42)35-20-15-18(8-10-21(20)44-30(31,32)33)37-11-13-38(14-12-37)28(40)45-29(2,3)4/h8,10,15-16H,6-7,9,11-14H2,1-5H3,(H,34,35,36). The highest BCUT2D eigenvalue weighted by Gasteiger charge is 2.35. The van der Waals surface area contributed by atoms with Gasteiger partial charge in [-0.05, 0) is 69.9 Å². The number of nitrogens with one attached hydrogen (secondary N) is 1. The SMILES string of the molecule is CCOC(=O)c1sc(S(C)(=O)=O)c2c1CCc1cnc(Nc3cc(N4CCN(C(=O)OC(C)(C)C)CC4)ccc3OC(F)(F)F)nc1-2. The molecule has 1 aliphatic heterocycles. The fourth-order valence-corrected chi connectivity index (χ4v) is 7.71. The number of sulfone groups is 1. The van der Waals surface area contributed by atoms with E-state index in [2.05, 4.69) is 20.0 Å². The van der Waals surface area contributed by atoms with E-state index in [0.717, 1.165) is 17.6 Å². The molecule has 1 N–H and O–H groups in total. The van der Waals surface area contributed by atoms with E-state index in [0.29, 0.717) is 55.8 Å². The molecule has 0 spiro atoms. The zero-order valence-electron chi connectivity index (χ0n) is 26.4. The number of ether oxygens (including phenoxy) is 3. The summed E-state index contributed by atoms with van der Waals surface area (Å²) in [5, 5.41) is 2.82. The fraction of sp³-hybridized carbons (Fsp3) is 0.467. The Bertz CT molecular complexity index is 1800. The predicted octanol–water partition coefficient (Wildman–Crippen LogP) is 5.58. The van der Waals surface area contributed by atoms with Gasteiger partial charge < -0.3 is 29.3 Å². The van der Waals surface area contributed by atoms with E-state index >= 15 is 0 Å². The second-order valence-corrected chi connectivity index (χ2v) is 15.2. The van der Waals surface area contributed by atoms with Gasteiger partial charge in [0, 0.05) is 49.9 Å². The van der Waals surface area contributed by atoms with E-state index in [4.69, 9.17) is 9.47 Å². The van der Waals surface area contributed by atoms with E-state index in [-0.39, 0.29) is 38.6 Å². The molecular weight excluding hydrogens is 663 g/mol. The second kappa shape index (κ2) is 12.8. The molecule has 3 heterocycles. The molecule has 17 heteroatoms. The van der Waals surface area contributed by atoms with Crippen molar-refractivity contribution in [2.75, 3.05) is 49.3 Å². The van der Waals surface area contributed by atoms with Crippen LogP contribution in [-0.2, 0) is 32.2 Å². The minimum Gasteiger partial charge on any atom is -0.462 e. The summed E-state index contributed by atoms with van der Waals surface area (Å²) in [5.41, 5.74) is 1.43. The number of hydrogen-bond donors (Lipinski definition) is 1. The maximum atomic E-state index is 13.4. The Morgan fingerprint density at radius 2 is 1.79 bits per heavy atom. The number of aryl methyl sites for hydroxylation is 1. The average Bonchev–Trinajstić information content (AvgIpc) is 3.38. The molecule has 0 atom stereocenters. The number of halogens is 3. The summed E-state index contributed by atoms with van der Waals surface area (Å²) in [6.45, 7) is 8.54. The average molecular weight is 698 g/mol. The van der Waals surface area contributed by atoms with E-state index < -0.39 is 39.6 Å². The molecule has 0 radical (unpaired) electrons. The van der Waals surface area contributed by atoms with Crippen molar-refractivity contribution in [1.29, 1.82) is 0 Å². The molecule has 0 bridgehead atoms. The molecule has 1 saturated heterocycles. The summed E-state index contributed by atoms with van der Waals surface area (Å²) in [4.78, 5) is 37.7. The maximum Gasteiger partial charge on any atom is 0.573 e. The summed E-state index contributed by atoms with van der Waals surface area (Å²) in [7, 11) is -3.80. The molecule has 0 saturated carbocycles. The maximum absolute atomic E-state index is 13.4. The van der Waals surface area contributed by atoms with Crippen LogP contribution in [0.5, 0.6) is 5.75 Å². The van der Waals surface area contributed by atoms with Gasteiger partial charge in [-0.1, -0.05) is 0 Å². The Balaban J connectivity index is 1.47. The highest BCUT2D eigenvalue weighted by atomic mass is 32.2. The molecule has 1 aliphatic carbocycles. The highest BCUT2D eigenvalue weighted by Crippen LogP contribution is 2.45. The molecule has 1 fully saturated rings. The van der Waals surface area contributed by atoms with Gasteiger partial charge in [-0.15, -0.1) is 24.5 Å². The summed E-state index contributed by atoms with van der Waals surface area (Å²) in [5.74, 6) is -1.29. The quantitative estimate of drug-likeness (QED) is 0.310. The second-order valence-electron chi connectivity index (χ2n) is 11.9. The molecule has 1 amide bonds. The minimum absolute atomic E-state index is 0.0604.